The van der Waals surface area contributed by atoms with Gasteiger partial charge in [0, 0.05) is 6.61 Å². The molecule has 0 heterocycles. The van der Waals surface area contributed by atoms with Crippen molar-refractivity contribution in [2.45, 2.75) is 111 Å². The molecule has 0 spiro atoms. The van der Waals surface area contributed by atoms with E-state index >= 15 is 0 Å². The lowest BCUT2D eigenvalue weighted by atomic mass is 9.91. The van der Waals surface area contributed by atoms with Crippen LogP contribution in [0.2, 0.25) is 18.1 Å². The summed E-state index contributed by atoms with van der Waals surface area (Å²) in [5.74, 6) is 1.23. The van der Waals surface area contributed by atoms with Gasteiger partial charge in [0.25, 0.3) is 0 Å². The van der Waals surface area contributed by atoms with E-state index in [4.69, 9.17) is 9.16 Å². The highest BCUT2D eigenvalue weighted by Crippen LogP contribution is 2.37. The summed E-state index contributed by atoms with van der Waals surface area (Å²) >= 11 is 0. The Labute approximate surface area is 195 Å². The van der Waals surface area contributed by atoms with E-state index in [1.807, 2.05) is 0 Å². The molecule has 1 unspecified atom stereocenters. The Hall–Kier alpha value is -0.903. The van der Waals surface area contributed by atoms with E-state index in [0.717, 1.165) is 25.4 Å². The normalized spacial score (nSPS) is 15.4. The minimum absolute atomic E-state index is 0.264. The smallest absolute Gasteiger partial charge is 0.191 e. The molecular formula is C28H50O2Si. The quantitative estimate of drug-likeness (QED) is 0.210. The fourth-order valence-electron chi connectivity index (χ4n) is 3.46. The largest absolute Gasteiger partial charge is 0.417 e. The van der Waals surface area contributed by atoms with Gasteiger partial charge in [-0.15, -0.1) is 0 Å². The molecule has 3 heteroatoms. The molecule has 0 bridgehead atoms. The second-order valence-corrected chi connectivity index (χ2v) is 16.1. The van der Waals surface area contributed by atoms with Crippen LogP contribution in [0, 0.1) is 11.8 Å². The molecule has 31 heavy (non-hydrogen) atoms. The predicted octanol–water partition coefficient (Wildman–Crippen LogP) is 8.78. The summed E-state index contributed by atoms with van der Waals surface area (Å²) in [6, 6.07) is 10.6. The molecule has 3 atom stereocenters. The van der Waals surface area contributed by atoms with Crippen LogP contribution in [0.15, 0.2) is 42.0 Å². The zero-order valence-corrected chi connectivity index (χ0v) is 23.0. The van der Waals surface area contributed by atoms with Crippen LogP contribution in [-0.2, 0) is 15.8 Å². The average Bonchev–Trinajstić information content (AvgIpc) is 2.67. The van der Waals surface area contributed by atoms with Gasteiger partial charge < -0.3 is 9.16 Å². The van der Waals surface area contributed by atoms with Gasteiger partial charge in [-0.1, -0.05) is 76.6 Å². The van der Waals surface area contributed by atoms with Crippen LogP contribution >= 0.6 is 0 Å². The first-order valence-electron chi connectivity index (χ1n) is 12.3. The Bertz CT molecular complexity index is 626. The molecule has 2 nitrogen and oxygen atoms in total. The molecular weight excluding hydrogens is 396 g/mol. The lowest BCUT2D eigenvalue weighted by Gasteiger charge is -2.36. The molecule has 0 saturated carbocycles. The summed E-state index contributed by atoms with van der Waals surface area (Å²) < 4.78 is 12.9. The minimum atomic E-state index is -1.68. The van der Waals surface area contributed by atoms with E-state index < -0.39 is 8.32 Å². The second-order valence-electron chi connectivity index (χ2n) is 11.3. The Morgan fingerprint density at radius 2 is 1.61 bits per heavy atom. The molecule has 1 aromatic carbocycles. The number of hydrogen-bond acceptors (Lipinski definition) is 2. The molecule has 0 saturated heterocycles. The first kappa shape index (κ1) is 28.1. The third-order valence-electron chi connectivity index (χ3n) is 6.94. The highest BCUT2D eigenvalue weighted by molar-refractivity contribution is 6.74. The van der Waals surface area contributed by atoms with Crippen molar-refractivity contribution >= 4 is 8.32 Å². The maximum Gasteiger partial charge on any atom is 0.191 e. The van der Waals surface area contributed by atoms with Crippen molar-refractivity contribution in [2.24, 2.45) is 11.8 Å². The summed E-state index contributed by atoms with van der Waals surface area (Å²) in [5.41, 5.74) is 2.68. The van der Waals surface area contributed by atoms with Gasteiger partial charge in [-0.3, -0.25) is 0 Å². The van der Waals surface area contributed by atoms with Crippen molar-refractivity contribution in [2.75, 3.05) is 6.61 Å². The molecule has 0 aliphatic heterocycles. The van der Waals surface area contributed by atoms with Gasteiger partial charge >= 0.3 is 0 Å². The molecule has 178 valence electrons. The van der Waals surface area contributed by atoms with Crippen LogP contribution < -0.4 is 0 Å². The number of ether oxygens (including phenoxy) is 1. The van der Waals surface area contributed by atoms with E-state index in [1.165, 1.54) is 30.4 Å². The van der Waals surface area contributed by atoms with Crippen LogP contribution in [0.4, 0.5) is 0 Å². The molecule has 0 aliphatic rings. The second kappa shape index (κ2) is 13.6. The van der Waals surface area contributed by atoms with Gasteiger partial charge in [0.1, 0.15) is 0 Å². The van der Waals surface area contributed by atoms with E-state index in [0.29, 0.717) is 12.5 Å². The monoisotopic (exact) mass is 446 g/mol. The predicted molar refractivity (Wildman–Crippen MR) is 139 cm³/mol. The molecule has 0 radical (unpaired) electrons. The van der Waals surface area contributed by atoms with E-state index in [9.17, 15) is 0 Å². The third kappa shape index (κ3) is 11.5. The first-order valence-corrected chi connectivity index (χ1v) is 15.3. The van der Waals surface area contributed by atoms with Crippen molar-refractivity contribution < 1.29 is 9.16 Å². The van der Waals surface area contributed by atoms with Crippen LogP contribution in [0.3, 0.4) is 0 Å². The summed E-state index contributed by atoms with van der Waals surface area (Å²) in [5, 5.41) is 0.264. The van der Waals surface area contributed by atoms with Gasteiger partial charge in [0.15, 0.2) is 8.32 Å². The van der Waals surface area contributed by atoms with Gasteiger partial charge in [-0.2, -0.15) is 0 Å². The SMILES string of the molecule is CC(C)=CCC[C@@H](C)CCC(OCc1ccccc1)[C@H](C)CCO[Si](C)(C)C(C)(C)C. The number of hydrogen-bond donors (Lipinski definition) is 0. The Morgan fingerprint density at radius 1 is 0.968 bits per heavy atom. The Balaban J connectivity index is 2.62. The zero-order valence-electron chi connectivity index (χ0n) is 22.0. The van der Waals surface area contributed by atoms with Crippen LogP contribution in [0.1, 0.15) is 86.1 Å². The third-order valence-corrected chi connectivity index (χ3v) is 11.5. The highest BCUT2D eigenvalue weighted by Gasteiger charge is 2.37. The van der Waals surface area contributed by atoms with Crippen molar-refractivity contribution in [3.63, 3.8) is 0 Å². The van der Waals surface area contributed by atoms with Crippen molar-refractivity contribution in [1.82, 2.24) is 0 Å². The summed E-state index contributed by atoms with van der Waals surface area (Å²) in [6.45, 7) is 22.3. The summed E-state index contributed by atoms with van der Waals surface area (Å²) in [6.07, 6.45) is 8.52. The molecule has 0 fully saturated rings. The minimum Gasteiger partial charge on any atom is -0.417 e. The van der Waals surface area contributed by atoms with Gasteiger partial charge in [0.2, 0.25) is 0 Å². The van der Waals surface area contributed by atoms with Crippen LogP contribution in [0.25, 0.3) is 0 Å². The Kier molecular flexibility index (Phi) is 12.3. The van der Waals surface area contributed by atoms with Crippen molar-refractivity contribution in [3.05, 3.63) is 47.5 Å². The molecule has 1 rings (SSSR count). The van der Waals surface area contributed by atoms with Gasteiger partial charge in [-0.25, -0.2) is 0 Å². The van der Waals surface area contributed by atoms with Crippen molar-refractivity contribution in [3.8, 4) is 0 Å². The van der Waals surface area contributed by atoms with Crippen molar-refractivity contribution in [1.29, 1.82) is 0 Å². The van der Waals surface area contributed by atoms with E-state index in [2.05, 4.69) is 98.0 Å². The lowest BCUT2D eigenvalue weighted by Crippen LogP contribution is -2.41. The molecule has 0 amide bonds. The van der Waals surface area contributed by atoms with E-state index in [1.54, 1.807) is 0 Å². The molecule has 0 N–H and O–H groups in total. The summed E-state index contributed by atoms with van der Waals surface area (Å²) in [4.78, 5) is 0. The van der Waals surface area contributed by atoms with Gasteiger partial charge in [-0.05, 0) is 81.5 Å². The highest BCUT2D eigenvalue weighted by atomic mass is 28.4. The average molecular weight is 447 g/mol. The molecule has 1 aromatic rings. The van der Waals surface area contributed by atoms with E-state index in [-0.39, 0.29) is 11.1 Å². The van der Waals surface area contributed by atoms with Crippen LogP contribution in [-0.4, -0.2) is 21.0 Å². The lowest BCUT2D eigenvalue weighted by molar-refractivity contribution is -0.00877. The zero-order chi connectivity index (χ0) is 23.5. The van der Waals surface area contributed by atoms with Crippen LogP contribution in [0.5, 0.6) is 0 Å². The number of allylic oxidation sites excluding steroid dienone is 2. The first-order chi connectivity index (χ1) is 14.4. The maximum absolute atomic E-state index is 6.48. The fraction of sp³-hybridized carbons (Fsp3) is 0.714. The standard InChI is InChI=1S/C28H50O2Si/c1-23(2)14-13-15-24(3)18-19-27(29-22-26-16-11-10-12-17-26)25(4)20-21-30-31(8,9)28(5,6)7/h10-12,14,16-17,24-25,27H,13,15,18-22H2,1-9H3/t24-,25-,27?/m1/s1. The van der Waals surface area contributed by atoms with Gasteiger partial charge in [0.05, 0.1) is 12.7 Å². The summed E-state index contributed by atoms with van der Waals surface area (Å²) in [7, 11) is -1.68. The topological polar surface area (TPSA) is 18.5 Å². The Morgan fingerprint density at radius 3 is 2.19 bits per heavy atom. The molecule has 0 aliphatic carbocycles. The number of rotatable bonds is 14. The molecule has 0 aromatic heterocycles. The fourth-order valence-corrected chi connectivity index (χ4v) is 4.52. The maximum atomic E-state index is 6.48. The number of benzene rings is 1.